The Morgan fingerprint density at radius 2 is 1.79 bits per heavy atom. The van der Waals surface area contributed by atoms with Gasteiger partial charge in [-0.1, -0.05) is 33.4 Å². The fraction of sp³-hybridized carbons (Fsp3) is 0.783. The number of nitrogens with zero attached hydrogens (tertiary/aromatic N) is 2. The summed E-state index contributed by atoms with van der Waals surface area (Å²) in [5.41, 5.74) is 1.86. The van der Waals surface area contributed by atoms with Crippen molar-refractivity contribution in [1.29, 1.82) is 0 Å². The third-order valence-electron chi connectivity index (χ3n) is 5.79. The van der Waals surface area contributed by atoms with E-state index in [4.69, 9.17) is 13.9 Å². The Morgan fingerprint density at radius 1 is 1.18 bits per heavy atom. The predicted molar refractivity (Wildman–Crippen MR) is 130 cm³/mol. The van der Waals surface area contributed by atoms with E-state index in [1.807, 2.05) is 20.8 Å². The first-order valence-corrected chi connectivity index (χ1v) is 14.4. The van der Waals surface area contributed by atoms with Crippen LogP contribution in [0.4, 0.5) is 9.59 Å². The van der Waals surface area contributed by atoms with E-state index in [2.05, 4.69) is 45.9 Å². The maximum absolute atomic E-state index is 13.0. The lowest BCUT2D eigenvalue weighted by atomic mass is 10.1. The number of likely N-dealkylation sites (tertiary alicyclic amines) is 1. The number of ether oxygens (including phenoxy) is 2. The molecule has 1 N–H and O–H groups in total. The summed E-state index contributed by atoms with van der Waals surface area (Å²) in [7, 11) is -2.04. The maximum atomic E-state index is 13.0. The van der Waals surface area contributed by atoms with E-state index < -0.39 is 26.1 Å². The van der Waals surface area contributed by atoms with Crippen LogP contribution in [0.3, 0.4) is 0 Å². The van der Waals surface area contributed by atoms with Crippen LogP contribution in [0.25, 0.3) is 0 Å². The number of nitrogens with one attached hydrogen (secondary N) is 1. The third kappa shape index (κ3) is 9.36. The van der Waals surface area contributed by atoms with E-state index in [9.17, 15) is 14.4 Å². The zero-order chi connectivity index (χ0) is 25.6. The van der Waals surface area contributed by atoms with Crippen molar-refractivity contribution in [2.75, 3.05) is 19.7 Å². The molecule has 1 rings (SSSR count). The fourth-order valence-electron chi connectivity index (χ4n) is 3.24. The van der Waals surface area contributed by atoms with Gasteiger partial charge in [0.05, 0.1) is 6.10 Å². The van der Waals surface area contributed by atoms with E-state index in [1.165, 1.54) is 13.0 Å². The van der Waals surface area contributed by atoms with Gasteiger partial charge in [-0.3, -0.25) is 10.2 Å². The molecule has 0 aromatic rings. The first-order valence-electron chi connectivity index (χ1n) is 11.5. The molecule has 10 heteroatoms. The Bertz CT molecular complexity index is 714. The molecule has 9 nitrogen and oxygen atoms in total. The van der Waals surface area contributed by atoms with Crippen molar-refractivity contribution < 1.29 is 28.3 Å². The van der Waals surface area contributed by atoms with Crippen LogP contribution >= 0.6 is 0 Å². The zero-order valence-corrected chi connectivity index (χ0v) is 22.8. The van der Waals surface area contributed by atoms with Crippen molar-refractivity contribution >= 4 is 26.4 Å². The molecule has 1 saturated heterocycles. The SMILES string of the molecule is C=CCOC(=O)N(CC[C@H]1C[C@@H](O[Si](C)(C)C(C)(C)C)CN1C(=O)OC(C)(C)C)NC(C)=O. The van der Waals surface area contributed by atoms with Crippen LogP contribution in [-0.2, 0) is 18.7 Å². The van der Waals surface area contributed by atoms with Crippen molar-refractivity contribution in [3.63, 3.8) is 0 Å². The van der Waals surface area contributed by atoms with Gasteiger partial charge in [-0.15, -0.1) is 0 Å². The molecule has 0 aromatic carbocycles. The van der Waals surface area contributed by atoms with E-state index >= 15 is 0 Å². The van der Waals surface area contributed by atoms with Crippen LogP contribution in [0.1, 0.15) is 61.3 Å². The molecule has 190 valence electrons. The fourth-order valence-corrected chi connectivity index (χ4v) is 4.60. The van der Waals surface area contributed by atoms with Crippen molar-refractivity contribution in [1.82, 2.24) is 15.3 Å². The minimum atomic E-state index is -2.04. The topological polar surface area (TPSA) is 97.4 Å². The molecule has 0 aromatic heterocycles. The highest BCUT2D eigenvalue weighted by Gasteiger charge is 2.44. The van der Waals surface area contributed by atoms with Crippen LogP contribution in [0.15, 0.2) is 12.7 Å². The minimum absolute atomic E-state index is 0.0325. The molecular weight excluding hydrogens is 442 g/mol. The van der Waals surface area contributed by atoms with Gasteiger partial charge in [0.1, 0.15) is 12.2 Å². The summed E-state index contributed by atoms with van der Waals surface area (Å²) >= 11 is 0. The Morgan fingerprint density at radius 3 is 2.27 bits per heavy atom. The highest BCUT2D eigenvalue weighted by atomic mass is 28.4. The van der Waals surface area contributed by atoms with Gasteiger partial charge >= 0.3 is 12.2 Å². The molecule has 3 amide bonds. The first-order chi connectivity index (χ1) is 15.0. The van der Waals surface area contributed by atoms with Crippen LogP contribution < -0.4 is 5.43 Å². The largest absolute Gasteiger partial charge is 0.444 e. The summed E-state index contributed by atoms with van der Waals surface area (Å²) < 4.78 is 17.3. The zero-order valence-electron chi connectivity index (χ0n) is 21.8. The number of hydrazine groups is 1. The molecule has 0 bridgehead atoms. The van der Waals surface area contributed by atoms with Gasteiger partial charge in [0.25, 0.3) is 0 Å². The smallest absolute Gasteiger partial charge is 0.428 e. The Kier molecular flexibility index (Phi) is 9.98. The number of amides is 3. The second kappa shape index (κ2) is 11.4. The van der Waals surface area contributed by atoms with E-state index in [1.54, 1.807) is 4.90 Å². The van der Waals surface area contributed by atoms with Crippen molar-refractivity contribution in [3.8, 4) is 0 Å². The van der Waals surface area contributed by atoms with Crippen molar-refractivity contribution in [3.05, 3.63) is 12.7 Å². The predicted octanol–water partition coefficient (Wildman–Crippen LogP) is 4.45. The molecule has 1 aliphatic heterocycles. The van der Waals surface area contributed by atoms with Gasteiger partial charge < -0.3 is 18.8 Å². The summed E-state index contributed by atoms with van der Waals surface area (Å²) in [6.45, 7) is 21.9. The molecule has 33 heavy (non-hydrogen) atoms. The van der Waals surface area contributed by atoms with Crippen LogP contribution in [0.5, 0.6) is 0 Å². The first kappa shape index (κ1) is 29.0. The highest BCUT2D eigenvalue weighted by Crippen LogP contribution is 2.39. The molecule has 1 aliphatic rings. The van der Waals surface area contributed by atoms with Gasteiger partial charge in [0.2, 0.25) is 5.91 Å². The molecule has 0 aliphatic carbocycles. The van der Waals surface area contributed by atoms with E-state index in [0.717, 1.165) is 5.01 Å². The molecule has 0 unspecified atom stereocenters. The summed E-state index contributed by atoms with van der Waals surface area (Å²) in [5, 5.41) is 1.17. The standard InChI is InChI=1S/C23H43N3O6Si/c1-11-14-30-21(29)26(24-17(2)27)13-12-18-15-19(32-33(9,10)23(6,7)8)16-25(18)20(28)31-22(3,4)5/h11,18-19H,1,12-16H2,2-10H3,(H,24,27)/t18-,19+/m0/s1. The van der Waals surface area contributed by atoms with Crippen LogP contribution in [0.2, 0.25) is 18.1 Å². The lowest BCUT2D eigenvalue weighted by Crippen LogP contribution is -2.48. The monoisotopic (exact) mass is 485 g/mol. The average molecular weight is 486 g/mol. The third-order valence-corrected chi connectivity index (χ3v) is 10.3. The number of rotatable bonds is 7. The molecule has 2 atom stereocenters. The van der Waals surface area contributed by atoms with Crippen molar-refractivity contribution in [2.24, 2.45) is 0 Å². The molecule has 1 fully saturated rings. The average Bonchev–Trinajstić information content (AvgIpc) is 3.02. The second-order valence-electron chi connectivity index (χ2n) is 11.0. The molecular formula is C23H43N3O6Si. The van der Waals surface area contributed by atoms with Gasteiger partial charge in [-0.2, -0.15) is 0 Å². The number of hydrogen-bond acceptors (Lipinski definition) is 6. The molecule has 1 heterocycles. The van der Waals surface area contributed by atoms with E-state index in [0.29, 0.717) is 19.4 Å². The van der Waals surface area contributed by atoms with Crippen LogP contribution in [-0.4, -0.2) is 73.8 Å². The minimum Gasteiger partial charge on any atom is -0.444 e. The van der Waals surface area contributed by atoms with Crippen molar-refractivity contribution in [2.45, 2.75) is 97.2 Å². The van der Waals surface area contributed by atoms with Gasteiger partial charge in [-0.05, 0) is 51.7 Å². The molecule has 0 spiro atoms. The highest BCUT2D eigenvalue weighted by molar-refractivity contribution is 6.74. The van der Waals surface area contributed by atoms with Gasteiger partial charge in [-0.25, -0.2) is 14.6 Å². The molecule has 0 saturated carbocycles. The lowest BCUT2D eigenvalue weighted by Gasteiger charge is -2.38. The summed E-state index contributed by atoms with van der Waals surface area (Å²) in [6, 6.07) is -0.210. The lowest BCUT2D eigenvalue weighted by molar-refractivity contribution is -0.123. The number of carbonyl (C=O) groups is 3. The second-order valence-corrected chi connectivity index (χ2v) is 15.8. The Labute approximate surface area is 199 Å². The van der Waals surface area contributed by atoms with E-state index in [-0.39, 0.29) is 36.2 Å². The summed E-state index contributed by atoms with van der Waals surface area (Å²) in [6.07, 6.45) is 1.30. The van der Waals surface area contributed by atoms with Crippen LogP contribution in [0, 0.1) is 0 Å². The van der Waals surface area contributed by atoms with Gasteiger partial charge in [0, 0.05) is 26.1 Å². The number of carbonyl (C=O) groups excluding carboxylic acids is 3. The normalized spacial score (nSPS) is 19.1. The Balaban J connectivity index is 3.00. The van der Waals surface area contributed by atoms with Gasteiger partial charge in [0.15, 0.2) is 8.32 Å². The molecule has 0 radical (unpaired) electrons. The maximum Gasteiger partial charge on any atom is 0.428 e. The quantitative estimate of drug-likeness (QED) is 0.325. The summed E-state index contributed by atoms with van der Waals surface area (Å²) in [5.74, 6) is -0.389. The Hall–Kier alpha value is -2.07. The summed E-state index contributed by atoms with van der Waals surface area (Å²) in [4.78, 5) is 38.5. The number of hydrogen-bond donors (Lipinski definition) is 1.